The second kappa shape index (κ2) is 7.02. The molecular formula is C18H20N2O4S2. The second-order valence-electron chi connectivity index (χ2n) is 6.48. The van der Waals surface area contributed by atoms with Crippen LogP contribution >= 0.6 is 11.3 Å². The highest BCUT2D eigenvalue weighted by atomic mass is 32.2. The zero-order valence-electron chi connectivity index (χ0n) is 14.4. The van der Waals surface area contributed by atoms with Crippen molar-refractivity contribution in [3.05, 3.63) is 47.4 Å². The molecule has 0 amide bonds. The third-order valence-corrected chi connectivity index (χ3v) is 7.98. The molecule has 0 N–H and O–H groups in total. The molecule has 1 fully saturated rings. The van der Waals surface area contributed by atoms with Gasteiger partial charge in [0.2, 0.25) is 10.0 Å². The van der Waals surface area contributed by atoms with Crippen molar-refractivity contribution in [3.8, 4) is 10.6 Å². The maximum absolute atomic E-state index is 13.5. The summed E-state index contributed by atoms with van der Waals surface area (Å²) in [6, 6.07) is 7.04. The smallest absolute Gasteiger partial charge is 0.244 e. The molecule has 6 nitrogen and oxygen atoms in total. The normalized spacial score (nSPS) is 15.9. The summed E-state index contributed by atoms with van der Waals surface area (Å²) in [5, 5.41) is 3.71. The average molecular weight is 393 g/mol. The fourth-order valence-corrected chi connectivity index (χ4v) is 6.64. The van der Waals surface area contributed by atoms with Crippen LogP contribution in [0, 0.1) is 6.92 Å². The summed E-state index contributed by atoms with van der Waals surface area (Å²) in [6.07, 6.45) is 7.02. The largest absolute Gasteiger partial charge is 0.468 e. The number of nitrogens with zero attached hydrogens (tertiary/aromatic N) is 2. The van der Waals surface area contributed by atoms with E-state index in [0.29, 0.717) is 16.4 Å². The van der Waals surface area contributed by atoms with Crippen LogP contribution < -0.4 is 0 Å². The van der Waals surface area contributed by atoms with Crippen molar-refractivity contribution < 1.29 is 17.4 Å². The predicted octanol–water partition coefficient (Wildman–Crippen LogP) is 4.44. The lowest BCUT2D eigenvalue weighted by Gasteiger charge is -2.27. The van der Waals surface area contributed by atoms with Crippen molar-refractivity contribution in [2.75, 3.05) is 0 Å². The van der Waals surface area contributed by atoms with Gasteiger partial charge in [0.05, 0.1) is 28.8 Å². The van der Waals surface area contributed by atoms with Gasteiger partial charge in [0.1, 0.15) is 5.76 Å². The standard InChI is InChI=1S/C18H20N2O4S2/c1-13-18(11-17(25-13)16-8-9-19-24-16)26(21,22)20(14-5-2-3-6-14)12-15-7-4-10-23-15/h4,7-11,14H,2-3,5-6,12H2,1H3. The molecule has 3 heterocycles. The zero-order chi connectivity index (χ0) is 18.1. The first-order valence-corrected chi connectivity index (χ1v) is 10.9. The van der Waals surface area contributed by atoms with Gasteiger partial charge in [-0.1, -0.05) is 18.0 Å². The van der Waals surface area contributed by atoms with Crippen LogP contribution in [-0.2, 0) is 16.6 Å². The Kier molecular flexibility index (Phi) is 4.73. The molecule has 26 heavy (non-hydrogen) atoms. The molecule has 0 atom stereocenters. The summed E-state index contributed by atoms with van der Waals surface area (Å²) in [5.41, 5.74) is 0. The number of thiophene rings is 1. The molecule has 0 spiro atoms. The van der Waals surface area contributed by atoms with E-state index in [1.807, 2.05) is 13.0 Å². The van der Waals surface area contributed by atoms with Crippen molar-refractivity contribution in [2.45, 2.75) is 50.1 Å². The molecule has 0 saturated heterocycles. The Bertz CT molecular complexity index is 953. The van der Waals surface area contributed by atoms with Crippen molar-refractivity contribution in [3.63, 3.8) is 0 Å². The van der Waals surface area contributed by atoms with Crippen molar-refractivity contribution in [2.24, 2.45) is 0 Å². The van der Waals surface area contributed by atoms with E-state index in [1.54, 1.807) is 35.0 Å². The SMILES string of the molecule is Cc1sc(-c2ccno2)cc1S(=O)(=O)N(Cc1ccco1)C1CCCC1. The highest BCUT2D eigenvalue weighted by molar-refractivity contribution is 7.89. The van der Waals surface area contributed by atoms with Crippen molar-refractivity contribution in [1.82, 2.24) is 9.46 Å². The van der Waals surface area contributed by atoms with Crippen LogP contribution in [0.25, 0.3) is 10.6 Å². The fourth-order valence-electron chi connectivity index (χ4n) is 3.47. The van der Waals surface area contributed by atoms with Crippen molar-refractivity contribution >= 4 is 21.4 Å². The Labute approximate surface area is 156 Å². The van der Waals surface area contributed by atoms with Gasteiger partial charge in [0.15, 0.2) is 5.76 Å². The number of aryl methyl sites for hydroxylation is 1. The molecule has 8 heteroatoms. The lowest BCUT2D eigenvalue weighted by molar-refractivity contribution is 0.292. The van der Waals surface area contributed by atoms with E-state index >= 15 is 0 Å². The number of aromatic nitrogens is 1. The third-order valence-electron chi connectivity index (χ3n) is 4.76. The van der Waals surface area contributed by atoms with Crippen LogP contribution in [-0.4, -0.2) is 23.9 Å². The molecule has 138 valence electrons. The lowest BCUT2D eigenvalue weighted by atomic mass is 10.2. The molecule has 4 rings (SSSR count). The van der Waals surface area contributed by atoms with E-state index in [1.165, 1.54) is 11.3 Å². The number of hydrogen-bond donors (Lipinski definition) is 0. The molecule has 1 aliphatic rings. The monoisotopic (exact) mass is 392 g/mol. The third kappa shape index (κ3) is 3.24. The molecule has 0 unspecified atom stereocenters. The maximum atomic E-state index is 13.5. The Morgan fingerprint density at radius 1 is 1.31 bits per heavy atom. The van der Waals surface area contributed by atoms with Gasteiger partial charge in [0.25, 0.3) is 0 Å². The summed E-state index contributed by atoms with van der Waals surface area (Å²) >= 11 is 1.40. The number of hydrogen-bond acceptors (Lipinski definition) is 6. The van der Waals surface area contributed by atoms with E-state index in [0.717, 1.165) is 35.4 Å². The predicted molar refractivity (Wildman–Crippen MR) is 98.2 cm³/mol. The van der Waals surface area contributed by atoms with Crippen LogP contribution in [0.3, 0.4) is 0 Å². The molecule has 0 bridgehead atoms. The van der Waals surface area contributed by atoms with Crippen molar-refractivity contribution in [1.29, 1.82) is 0 Å². The first-order valence-electron chi connectivity index (χ1n) is 8.61. The molecular weight excluding hydrogens is 372 g/mol. The van der Waals surface area contributed by atoms with Gasteiger partial charge in [-0.3, -0.25) is 0 Å². The molecule has 0 aromatic carbocycles. The summed E-state index contributed by atoms with van der Waals surface area (Å²) < 4.78 is 39.2. The Hall–Kier alpha value is -1.90. The Balaban J connectivity index is 1.72. The van der Waals surface area contributed by atoms with E-state index in [-0.39, 0.29) is 12.6 Å². The average Bonchev–Trinajstić information content (AvgIpc) is 3.39. The quantitative estimate of drug-likeness (QED) is 0.620. The van der Waals surface area contributed by atoms with Gasteiger partial charge in [-0.05, 0) is 38.0 Å². The van der Waals surface area contributed by atoms with E-state index in [9.17, 15) is 8.42 Å². The Morgan fingerprint density at radius 3 is 2.77 bits per heavy atom. The topological polar surface area (TPSA) is 76.6 Å². The molecule has 1 saturated carbocycles. The van der Waals surface area contributed by atoms with Crippen LogP contribution in [0.5, 0.6) is 0 Å². The van der Waals surface area contributed by atoms with E-state index in [2.05, 4.69) is 5.16 Å². The van der Waals surface area contributed by atoms with Crippen LogP contribution in [0.2, 0.25) is 0 Å². The van der Waals surface area contributed by atoms with Gasteiger partial charge in [-0.15, -0.1) is 11.3 Å². The fraction of sp³-hybridized carbons (Fsp3) is 0.389. The lowest BCUT2D eigenvalue weighted by Crippen LogP contribution is -2.38. The van der Waals surface area contributed by atoms with E-state index in [4.69, 9.17) is 8.94 Å². The molecule has 3 aromatic rings. The van der Waals surface area contributed by atoms with Gasteiger partial charge in [0, 0.05) is 17.0 Å². The minimum atomic E-state index is -3.64. The first-order chi connectivity index (χ1) is 12.6. The minimum absolute atomic E-state index is 0.0122. The number of rotatable bonds is 6. The van der Waals surface area contributed by atoms with Gasteiger partial charge < -0.3 is 8.94 Å². The minimum Gasteiger partial charge on any atom is -0.468 e. The molecule has 3 aromatic heterocycles. The summed E-state index contributed by atoms with van der Waals surface area (Å²) in [6.45, 7) is 2.09. The summed E-state index contributed by atoms with van der Waals surface area (Å²) in [4.78, 5) is 1.86. The number of furan rings is 1. The maximum Gasteiger partial charge on any atom is 0.244 e. The van der Waals surface area contributed by atoms with Gasteiger partial charge >= 0.3 is 0 Å². The van der Waals surface area contributed by atoms with Crippen LogP contribution in [0.1, 0.15) is 36.3 Å². The molecule has 1 aliphatic carbocycles. The molecule has 0 radical (unpaired) electrons. The Morgan fingerprint density at radius 2 is 2.12 bits per heavy atom. The van der Waals surface area contributed by atoms with Crippen LogP contribution in [0.4, 0.5) is 0 Å². The van der Waals surface area contributed by atoms with Gasteiger partial charge in [-0.2, -0.15) is 4.31 Å². The summed E-state index contributed by atoms with van der Waals surface area (Å²) in [7, 11) is -3.64. The summed E-state index contributed by atoms with van der Waals surface area (Å²) in [5.74, 6) is 1.24. The highest BCUT2D eigenvalue weighted by Gasteiger charge is 2.35. The molecule has 0 aliphatic heterocycles. The van der Waals surface area contributed by atoms with Gasteiger partial charge in [-0.25, -0.2) is 8.42 Å². The first kappa shape index (κ1) is 17.5. The second-order valence-corrected chi connectivity index (χ2v) is 9.59. The zero-order valence-corrected chi connectivity index (χ0v) is 16.1. The van der Waals surface area contributed by atoms with Crippen LogP contribution in [0.15, 0.2) is 50.6 Å². The number of sulfonamides is 1. The van der Waals surface area contributed by atoms with E-state index < -0.39 is 10.0 Å². The highest BCUT2D eigenvalue weighted by Crippen LogP contribution is 2.37.